The zero-order chi connectivity index (χ0) is 23.0. The van der Waals surface area contributed by atoms with Crippen molar-refractivity contribution in [2.45, 2.75) is 25.3 Å². The minimum absolute atomic E-state index is 0.00744. The van der Waals surface area contributed by atoms with Crippen LogP contribution in [0.2, 0.25) is 0 Å². The topological polar surface area (TPSA) is 91.4 Å². The third kappa shape index (κ3) is 6.13. The van der Waals surface area contributed by atoms with Crippen LogP contribution in [0, 0.1) is 5.41 Å². The Hall–Kier alpha value is -3.80. The van der Waals surface area contributed by atoms with Crippen molar-refractivity contribution >= 4 is 17.4 Å². The number of anilines is 1. The first kappa shape index (κ1) is 22.4. The lowest BCUT2D eigenvalue weighted by Crippen LogP contribution is -2.40. The van der Waals surface area contributed by atoms with E-state index in [0.29, 0.717) is 29.9 Å². The summed E-state index contributed by atoms with van der Waals surface area (Å²) in [6.07, 6.45) is 3.09. The number of nitrogen functional groups attached to an aromatic ring is 1. The fourth-order valence-electron chi connectivity index (χ4n) is 4.07. The number of nitrogens with zero attached hydrogens (tertiary/aromatic N) is 1. The third-order valence-electron chi connectivity index (χ3n) is 5.86. The maximum Gasteiger partial charge on any atom is 0.251 e. The van der Waals surface area contributed by atoms with Crippen LogP contribution in [-0.2, 0) is 6.42 Å². The molecule has 1 atom stereocenters. The van der Waals surface area contributed by atoms with Crippen LogP contribution in [0.3, 0.4) is 0 Å². The van der Waals surface area contributed by atoms with Crippen LogP contribution in [0.5, 0.6) is 5.75 Å². The van der Waals surface area contributed by atoms with E-state index in [2.05, 4.69) is 10.2 Å². The van der Waals surface area contributed by atoms with Gasteiger partial charge in [-0.25, -0.2) is 0 Å². The van der Waals surface area contributed by atoms with Crippen LogP contribution in [0.1, 0.15) is 34.3 Å². The van der Waals surface area contributed by atoms with E-state index in [0.717, 1.165) is 18.7 Å². The lowest BCUT2D eigenvalue weighted by molar-refractivity contribution is 0.0921. The van der Waals surface area contributed by atoms with E-state index in [1.54, 1.807) is 18.2 Å². The molecule has 4 rings (SSSR count). The highest BCUT2D eigenvalue weighted by Gasteiger charge is 2.17. The normalized spacial score (nSPS) is 14.0. The highest BCUT2D eigenvalue weighted by Crippen LogP contribution is 2.20. The maximum atomic E-state index is 13.0. The predicted molar refractivity (Wildman–Crippen MR) is 132 cm³/mol. The van der Waals surface area contributed by atoms with Gasteiger partial charge >= 0.3 is 0 Å². The zero-order valence-corrected chi connectivity index (χ0v) is 18.7. The lowest BCUT2D eigenvalue weighted by Gasteiger charge is -2.21. The van der Waals surface area contributed by atoms with E-state index in [9.17, 15) is 4.79 Å². The van der Waals surface area contributed by atoms with E-state index in [4.69, 9.17) is 15.9 Å². The lowest BCUT2D eigenvalue weighted by atomic mass is 10.1. The molecule has 1 heterocycles. The van der Waals surface area contributed by atoms with Crippen LogP contribution >= 0.6 is 0 Å². The molecule has 1 aliphatic heterocycles. The van der Waals surface area contributed by atoms with Gasteiger partial charge in [-0.1, -0.05) is 42.5 Å². The molecule has 3 aromatic rings. The van der Waals surface area contributed by atoms with Gasteiger partial charge in [-0.3, -0.25) is 10.2 Å². The molecule has 6 heteroatoms. The highest BCUT2D eigenvalue weighted by atomic mass is 16.5. The van der Waals surface area contributed by atoms with Gasteiger partial charge in [0.1, 0.15) is 18.2 Å². The Morgan fingerprint density at radius 3 is 2.39 bits per heavy atom. The molecule has 0 unspecified atom stereocenters. The van der Waals surface area contributed by atoms with Crippen LogP contribution in [0.15, 0.2) is 78.9 Å². The molecule has 1 aliphatic rings. The Bertz CT molecular complexity index is 1080. The molecular formula is C27H30N4O2. The molecule has 0 aromatic heterocycles. The number of hydrogen-bond acceptors (Lipinski definition) is 4. The summed E-state index contributed by atoms with van der Waals surface area (Å²) in [4.78, 5) is 15.4. The molecule has 1 amide bonds. The summed E-state index contributed by atoms with van der Waals surface area (Å²) in [6.45, 7) is 2.45. The molecule has 33 heavy (non-hydrogen) atoms. The van der Waals surface area contributed by atoms with Crippen LogP contribution < -0.4 is 20.7 Å². The van der Waals surface area contributed by atoms with E-state index < -0.39 is 0 Å². The molecule has 0 saturated carbocycles. The van der Waals surface area contributed by atoms with Crippen LogP contribution in [0.25, 0.3) is 0 Å². The first-order valence-electron chi connectivity index (χ1n) is 11.4. The second-order valence-electron chi connectivity index (χ2n) is 8.35. The Morgan fingerprint density at radius 2 is 1.70 bits per heavy atom. The first-order valence-corrected chi connectivity index (χ1v) is 11.4. The summed E-state index contributed by atoms with van der Waals surface area (Å²) >= 11 is 0. The minimum atomic E-state index is -0.223. The fraction of sp³-hybridized carbons (Fsp3) is 0.259. The second-order valence-corrected chi connectivity index (χ2v) is 8.35. The summed E-state index contributed by atoms with van der Waals surface area (Å²) in [5.74, 6) is 0.488. The molecule has 6 nitrogen and oxygen atoms in total. The second kappa shape index (κ2) is 10.7. The molecule has 0 aliphatic carbocycles. The number of carbonyl (C=O) groups excluding carboxylic acids is 1. The minimum Gasteiger partial charge on any atom is -0.491 e. The van der Waals surface area contributed by atoms with Gasteiger partial charge in [-0.15, -0.1) is 0 Å². The van der Waals surface area contributed by atoms with Gasteiger partial charge in [0.05, 0.1) is 6.04 Å². The summed E-state index contributed by atoms with van der Waals surface area (Å²) in [6, 6.07) is 24.8. The van der Waals surface area contributed by atoms with E-state index in [1.807, 2.05) is 60.7 Å². The van der Waals surface area contributed by atoms with Gasteiger partial charge < -0.3 is 20.7 Å². The molecule has 170 valence electrons. The zero-order valence-electron chi connectivity index (χ0n) is 18.7. The Labute approximate surface area is 194 Å². The number of carbonyl (C=O) groups is 1. The quantitative estimate of drug-likeness (QED) is 0.345. The molecule has 1 fully saturated rings. The number of nitrogens with one attached hydrogen (secondary N) is 2. The average Bonchev–Trinajstić information content (AvgIpc) is 3.38. The molecule has 3 aromatic carbocycles. The standard InChI is InChI=1S/C27H30N4O2/c28-26(29)22-9-6-10-25(18-22)33-19-23(17-20-7-2-1-3-8-20)30-27(32)21-11-13-24(14-12-21)31-15-4-5-16-31/h1-3,6-14,18,23H,4-5,15-17,19H2,(H3,28,29)(H,30,32)/t23-/m1/s1. The van der Waals surface area contributed by atoms with Crippen molar-refractivity contribution < 1.29 is 9.53 Å². The Balaban J connectivity index is 1.44. The number of hydrogen-bond donors (Lipinski definition) is 3. The number of nitrogens with two attached hydrogens (primary N) is 1. The summed E-state index contributed by atoms with van der Waals surface area (Å²) < 4.78 is 5.98. The van der Waals surface area contributed by atoms with Crippen molar-refractivity contribution in [3.05, 3.63) is 95.6 Å². The molecule has 4 N–H and O–H groups in total. The van der Waals surface area contributed by atoms with Crippen molar-refractivity contribution in [1.82, 2.24) is 5.32 Å². The number of amidine groups is 1. The SMILES string of the molecule is N=C(N)c1cccc(OC[C@@H](Cc2ccccc2)NC(=O)c2ccc(N3CCCC3)cc2)c1. The maximum absolute atomic E-state index is 13.0. The van der Waals surface area contributed by atoms with E-state index >= 15 is 0 Å². The predicted octanol–water partition coefficient (Wildman–Crippen LogP) is 3.99. The number of benzene rings is 3. The monoisotopic (exact) mass is 442 g/mol. The molecule has 1 saturated heterocycles. The van der Waals surface area contributed by atoms with E-state index in [-0.39, 0.29) is 17.8 Å². The van der Waals surface area contributed by atoms with Gasteiger partial charge in [0.2, 0.25) is 0 Å². The van der Waals surface area contributed by atoms with Gasteiger partial charge in [0.25, 0.3) is 5.91 Å². The first-order chi connectivity index (χ1) is 16.1. The molecule has 0 radical (unpaired) electrons. The number of rotatable bonds is 9. The van der Waals surface area contributed by atoms with Crippen molar-refractivity contribution in [3.63, 3.8) is 0 Å². The molecular weight excluding hydrogens is 412 g/mol. The number of amides is 1. The fourth-order valence-corrected chi connectivity index (χ4v) is 4.07. The third-order valence-corrected chi connectivity index (χ3v) is 5.86. The van der Waals surface area contributed by atoms with Gasteiger partial charge in [-0.05, 0) is 61.2 Å². The van der Waals surface area contributed by atoms with Gasteiger partial charge in [-0.2, -0.15) is 0 Å². The Kier molecular flexibility index (Phi) is 7.25. The molecule has 0 spiro atoms. The summed E-state index contributed by atoms with van der Waals surface area (Å²) in [5.41, 5.74) is 9.11. The van der Waals surface area contributed by atoms with Crippen molar-refractivity contribution in [2.24, 2.45) is 5.73 Å². The summed E-state index contributed by atoms with van der Waals surface area (Å²) in [5, 5.41) is 10.8. The van der Waals surface area contributed by atoms with E-state index in [1.165, 1.54) is 18.5 Å². The molecule has 0 bridgehead atoms. The summed E-state index contributed by atoms with van der Waals surface area (Å²) in [7, 11) is 0. The van der Waals surface area contributed by atoms with Crippen molar-refractivity contribution in [3.8, 4) is 5.75 Å². The average molecular weight is 443 g/mol. The number of ether oxygens (including phenoxy) is 1. The van der Waals surface area contributed by atoms with Crippen molar-refractivity contribution in [2.75, 3.05) is 24.6 Å². The van der Waals surface area contributed by atoms with Gasteiger partial charge in [0.15, 0.2) is 0 Å². The Morgan fingerprint density at radius 1 is 0.970 bits per heavy atom. The largest absolute Gasteiger partial charge is 0.491 e. The van der Waals surface area contributed by atoms with Crippen molar-refractivity contribution in [1.29, 1.82) is 5.41 Å². The van der Waals surface area contributed by atoms with Crippen LogP contribution in [-0.4, -0.2) is 37.5 Å². The highest BCUT2D eigenvalue weighted by molar-refractivity contribution is 5.95. The van der Waals surface area contributed by atoms with Crippen LogP contribution in [0.4, 0.5) is 5.69 Å². The van der Waals surface area contributed by atoms with Gasteiger partial charge in [0, 0.05) is 29.9 Å². The smallest absolute Gasteiger partial charge is 0.251 e.